The fourth-order valence-corrected chi connectivity index (χ4v) is 8.10. The number of hydrogen-bond acceptors (Lipinski definition) is 1. The van der Waals surface area contributed by atoms with Crippen LogP contribution in [-0.4, -0.2) is 0 Å². The van der Waals surface area contributed by atoms with Crippen molar-refractivity contribution < 1.29 is 0 Å². The van der Waals surface area contributed by atoms with Crippen molar-refractivity contribution in [2.75, 3.05) is 4.90 Å². The van der Waals surface area contributed by atoms with E-state index in [-0.39, 0.29) is 5.41 Å². The van der Waals surface area contributed by atoms with Gasteiger partial charge in [0.1, 0.15) is 0 Å². The van der Waals surface area contributed by atoms with Gasteiger partial charge in [-0.3, -0.25) is 0 Å². The van der Waals surface area contributed by atoms with Gasteiger partial charge in [0.2, 0.25) is 0 Å². The Morgan fingerprint density at radius 3 is 1.83 bits per heavy atom. The molecule has 0 saturated carbocycles. The Morgan fingerprint density at radius 1 is 0.522 bits per heavy atom. The lowest BCUT2D eigenvalue weighted by Crippen LogP contribution is -2.21. The average Bonchev–Trinajstić information content (AvgIpc) is 3.35. The van der Waals surface area contributed by atoms with Gasteiger partial charge in [0.15, 0.2) is 0 Å². The summed E-state index contributed by atoms with van der Waals surface area (Å²) in [6.07, 6.45) is 7.84. The van der Waals surface area contributed by atoms with Gasteiger partial charge < -0.3 is 4.90 Å². The summed E-state index contributed by atoms with van der Waals surface area (Å²) in [5.41, 5.74) is 10.5. The molecule has 1 atom stereocenters. The molecule has 0 amide bonds. The second-order valence-corrected chi connectivity index (χ2v) is 13.3. The summed E-state index contributed by atoms with van der Waals surface area (Å²) in [7, 11) is 0. The van der Waals surface area contributed by atoms with Crippen LogP contribution in [0, 0.1) is 0 Å². The second-order valence-electron chi connectivity index (χ2n) is 13.3. The molecule has 7 aromatic rings. The van der Waals surface area contributed by atoms with Crippen molar-refractivity contribution in [2.24, 2.45) is 0 Å². The normalized spacial score (nSPS) is 16.4. The largest absolute Gasteiger partial charge is 0.314 e. The highest BCUT2D eigenvalue weighted by molar-refractivity contribution is 6.25. The number of benzene rings is 7. The van der Waals surface area contributed by atoms with Gasteiger partial charge in [-0.15, -0.1) is 0 Å². The number of fused-ring (bicyclic) bond motifs is 9. The molecule has 0 saturated heterocycles. The van der Waals surface area contributed by atoms with Crippen LogP contribution in [0.2, 0.25) is 0 Å². The lowest BCUT2D eigenvalue weighted by molar-refractivity contribution is 0.660. The first-order chi connectivity index (χ1) is 22.6. The number of hydrogen-bond donors (Lipinski definition) is 0. The molecule has 7 aromatic carbocycles. The van der Waals surface area contributed by atoms with Crippen molar-refractivity contribution >= 4 is 43.7 Å². The maximum Gasteiger partial charge on any atom is 0.0465 e. The summed E-state index contributed by atoms with van der Waals surface area (Å²) in [5.74, 6) is 0.323. The number of nitrogens with zero attached hydrogens (tertiary/aromatic N) is 1. The van der Waals surface area contributed by atoms with Crippen molar-refractivity contribution in [2.45, 2.75) is 31.6 Å². The molecule has 2 aliphatic carbocycles. The van der Waals surface area contributed by atoms with Crippen LogP contribution >= 0.6 is 0 Å². The third-order valence-corrected chi connectivity index (χ3v) is 10.4. The van der Waals surface area contributed by atoms with Crippen LogP contribution in [0.1, 0.15) is 42.9 Å². The number of allylic oxidation sites excluding steroid dienone is 4. The summed E-state index contributed by atoms with van der Waals surface area (Å²) < 4.78 is 0. The Morgan fingerprint density at radius 2 is 1.09 bits per heavy atom. The van der Waals surface area contributed by atoms with E-state index in [2.05, 4.69) is 177 Å². The van der Waals surface area contributed by atoms with Crippen LogP contribution in [0.25, 0.3) is 43.4 Å². The van der Waals surface area contributed by atoms with Gasteiger partial charge in [0.25, 0.3) is 0 Å². The minimum Gasteiger partial charge on any atom is -0.314 e. The maximum absolute atomic E-state index is 2.52. The van der Waals surface area contributed by atoms with E-state index < -0.39 is 0 Å². The van der Waals surface area contributed by atoms with Crippen molar-refractivity contribution in [3.8, 4) is 11.1 Å². The third kappa shape index (κ3) is 4.08. The summed E-state index contributed by atoms with van der Waals surface area (Å²) in [6.45, 7) is 4.74. The van der Waals surface area contributed by atoms with Crippen LogP contribution in [0.5, 0.6) is 0 Å². The summed E-state index contributed by atoms with van der Waals surface area (Å²) in [4.78, 5) is 2.52. The topological polar surface area (TPSA) is 3.24 Å². The fourth-order valence-electron chi connectivity index (χ4n) is 8.10. The first kappa shape index (κ1) is 27.0. The van der Waals surface area contributed by atoms with Gasteiger partial charge in [0.05, 0.1) is 0 Å². The summed E-state index contributed by atoms with van der Waals surface area (Å²) in [5, 5.41) is 7.79. The molecule has 0 fully saturated rings. The lowest BCUT2D eigenvalue weighted by atomic mass is 9.82. The Labute approximate surface area is 270 Å². The molecule has 0 aromatic heterocycles. The Kier molecular flexibility index (Phi) is 6.05. The standard InChI is InChI=1S/C45H35N/c1-45(2)43-22-11-10-21-40(43)41-26-24-34(29-44(41)45)46(32-16-12-15-31(27-32)30-13-4-3-5-14-30)33-23-25-39-37-19-7-6-17-35(37)36-18-8-9-20-38(36)42(39)28-33/h3-26,28-29,31H,27H2,1-2H3. The van der Waals surface area contributed by atoms with Gasteiger partial charge in [0, 0.05) is 28.4 Å². The molecule has 0 bridgehead atoms. The van der Waals surface area contributed by atoms with E-state index >= 15 is 0 Å². The van der Waals surface area contributed by atoms with Crippen LogP contribution < -0.4 is 4.90 Å². The molecular formula is C45H35N. The first-order valence-corrected chi connectivity index (χ1v) is 16.4. The van der Waals surface area contributed by atoms with Gasteiger partial charge in [-0.05, 0) is 96.9 Å². The van der Waals surface area contributed by atoms with E-state index in [9.17, 15) is 0 Å². The molecule has 0 spiro atoms. The van der Waals surface area contributed by atoms with E-state index in [4.69, 9.17) is 0 Å². The Bertz CT molecular complexity index is 2340. The molecule has 46 heavy (non-hydrogen) atoms. The van der Waals surface area contributed by atoms with E-state index in [1.165, 1.54) is 77.2 Å². The lowest BCUT2D eigenvalue weighted by Gasteiger charge is -2.33. The quantitative estimate of drug-likeness (QED) is 0.185. The molecule has 1 heteroatoms. The smallest absolute Gasteiger partial charge is 0.0465 e. The summed E-state index contributed by atoms with van der Waals surface area (Å²) in [6, 6.07) is 51.7. The zero-order valence-electron chi connectivity index (χ0n) is 26.2. The predicted octanol–water partition coefficient (Wildman–Crippen LogP) is 12.2. The molecule has 1 nitrogen and oxygen atoms in total. The van der Waals surface area contributed by atoms with Crippen LogP contribution in [0.15, 0.2) is 163 Å². The molecule has 220 valence electrons. The zero-order valence-corrected chi connectivity index (χ0v) is 26.2. The molecule has 0 aliphatic heterocycles. The Hall–Kier alpha value is -5.40. The highest BCUT2D eigenvalue weighted by Gasteiger charge is 2.36. The second kappa shape index (κ2) is 10.3. The Balaban J connectivity index is 1.26. The van der Waals surface area contributed by atoms with Gasteiger partial charge in [-0.1, -0.05) is 141 Å². The van der Waals surface area contributed by atoms with Gasteiger partial charge in [-0.25, -0.2) is 0 Å². The molecule has 1 unspecified atom stereocenters. The van der Waals surface area contributed by atoms with Crippen LogP contribution in [0.4, 0.5) is 11.4 Å². The molecule has 2 aliphatic rings. The molecule has 0 radical (unpaired) electrons. The van der Waals surface area contributed by atoms with Gasteiger partial charge in [-0.2, -0.15) is 0 Å². The zero-order chi connectivity index (χ0) is 30.8. The molecule has 0 heterocycles. The van der Waals surface area contributed by atoms with Crippen molar-refractivity contribution in [1.82, 2.24) is 0 Å². The fraction of sp³-hybridized carbons (Fsp3) is 0.111. The van der Waals surface area contributed by atoms with Crippen molar-refractivity contribution in [3.63, 3.8) is 0 Å². The third-order valence-electron chi connectivity index (χ3n) is 10.4. The van der Waals surface area contributed by atoms with E-state index in [0.717, 1.165) is 6.42 Å². The molecule has 0 N–H and O–H groups in total. The molecule has 9 rings (SSSR count). The van der Waals surface area contributed by atoms with E-state index in [0.29, 0.717) is 5.92 Å². The van der Waals surface area contributed by atoms with Crippen molar-refractivity contribution in [3.05, 3.63) is 180 Å². The van der Waals surface area contributed by atoms with Gasteiger partial charge >= 0.3 is 0 Å². The monoisotopic (exact) mass is 589 g/mol. The number of anilines is 2. The highest BCUT2D eigenvalue weighted by atomic mass is 15.1. The van der Waals surface area contributed by atoms with Crippen LogP contribution in [0.3, 0.4) is 0 Å². The first-order valence-electron chi connectivity index (χ1n) is 16.4. The summed E-state index contributed by atoms with van der Waals surface area (Å²) >= 11 is 0. The number of rotatable bonds is 4. The minimum atomic E-state index is -0.0699. The maximum atomic E-state index is 2.52. The highest BCUT2D eigenvalue weighted by Crippen LogP contribution is 2.51. The van der Waals surface area contributed by atoms with Crippen LogP contribution in [-0.2, 0) is 5.41 Å². The van der Waals surface area contributed by atoms with Crippen molar-refractivity contribution in [1.29, 1.82) is 0 Å². The molecular weight excluding hydrogens is 555 g/mol. The SMILES string of the molecule is CC1(C)c2ccccc2-c2ccc(N(C3=CC=CC(c4ccccc4)C3)c3ccc4c5ccccc5c5ccccc5c4c3)cc21. The van der Waals surface area contributed by atoms with E-state index in [1.54, 1.807) is 0 Å². The van der Waals surface area contributed by atoms with E-state index in [1.807, 2.05) is 0 Å². The minimum absolute atomic E-state index is 0.0699. The predicted molar refractivity (Wildman–Crippen MR) is 196 cm³/mol. The average molecular weight is 590 g/mol.